The van der Waals surface area contributed by atoms with Gasteiger partial charge < -0.3 is 10.0 Å². The van der Waals surface area contributed by atoms with Crippen molar-refractivity contribution >= 4 is 35.2 Å². The van der Waals surface area contributed by atoms with Gasteiger partial charge in [-0.3, -0.25) is 9.59 Å². The zero-order valence-corrected chi connectivity index (χ0v) is 15.0. The van der Waals surface area contributed by atoms with Crippen molar-refractivity contribution in [2.24, 2.45) is 5.92 Å². The van der Waals surface area contributed by atoms with Gasteiger partial charge in [0.2, 0.25) is 5.91 Å². The molecule has 0 bridgehead atoms. The maximum absolute atomic E-state index is 12.5. The van der Waals surface area contributed by atoms with Gasteiger partial charge in [-0.25, -0.2) is 0 Å². The fourth-order valence-electron chi connectivity index (χ4n) is 3.06. The third kappa shape index (κ3) is 4.35. The summed E-state index contributed by atoms with van der Waals surface area (Å²) in [6.45, 7) is 0.704. The molecule has 0 saturated carbocycles. The Balaban J connectivity index is 1.65. The van der Waals surface area contributed by atoms with E-state index in [9.17, 15) is 14.7 Å². The van der Waals surface area contributed by atoms with Crippen LogP contribution < -0.4 is 0 Å². The Morgan fingerprint density at radius 3 is 2.40 bits per heavy atom. The summed E-state index contributed by atoms with van der Waals surface area (Å²) in [6.07, 6.45) is 0. The SMILES string of the molecule is O=C(O)[C@@H]1CN(C(=O)CSc2ccc(Cl)cc2)C[C@@H]1c1ccccc1. The molecule has 130 valence electrons. The van der Waals surface area contributed by atoms with Crippen molar-refractivity contribution in [3.05, 3.63) is 65.2 Å². The van der Waals surface area contributed by atoms with E-state index in [-0.39, 0.29) is 24.1 Å². The minimum Gasteiger partial charge on any atom is -0.481 e. The van der Waals surface area contributed by atoms with Gasteiger partial charge in [-0.1, -0.05) is 41.9 Å². The number of hydrogen-bond donors (Lipinski definition) is 1. The average Bonchev–Trinajstić information content (AvgIpc) is 3.07. The minimum atomic E-state index is -0.852. The highest BCUT2D eigenvalue weighted by atomic mass is 35.5. The largest absolute Gasteiger partial charge is 0.481 e. The Bertz CT molecular complexity index is 751. The Hall–Kier alpha value is -1.98. The first-order chi connectivity index (χ1) is 12.0. The summed E-state index contributed by atoms with van der Waals surface area (Å²) < 4.78 is 0. The molecule has 2 aromatic carbocycles. The molecule has 1 amide bonds. The molecule has 1 aliphatic rings. The highest BCUT2D eigenvalue weighted by molar-refractivity contribution is 8.00. The quantitative estimate of drug-likeness (QED) is 0.808. The summed E-state index contributed by atoms with van der Waals surface area (Å²) in [7, 11) is 0. The van der Waals surface area contributed by atoms with E-state index < -0.39 is 11.9 Å². The number of carboxylic acids is 1. The molecule has 0 aliphatic carbocycles. The second kappa shape index (κ2) is 7.93. The standard InChI is InChI=1S/C19H18ClNO3S/c20-14-6-8-15(9-7-14)25-12-18(22)21-10-16(17(11-21)19(23)24)13-4-2-1-3-5-13/h1-9,16-17H,10-12H2,(H,23,24)/t16-,17-/m1/s1. The van der Waals surface area contributed by atoms with Gasteiger partial charge in [0.05, 0.1) is 11.7 Å². The zero-order chi connectivity index (χ0) is 17.8. The third-order valence-corrected chi connectivity index (χ3v) is 5.64. The molecule has 2 aromatic rings. The molecule has 1 fully saturated rings. The van der Waals surface area contributed by atoms with Gasteiger partial charge in [0.25, 0.3) is 0 Å². The summed E-state index contributed by atoms with van der Waals surface area (Å²) in [6, 6.07) is 16.9. The van der Waals surface area contributed by atoms with Gasteiger partial charge >= 0.3 is 5.97 Å². The van der Waals surface area contributed by atoms with E-state index in [1.165, 1.54) is 11.8 Å². The molecule has 0 spiro atoms. The molecule has 1 N–H and O–H groups in total. The molecule has 0 unspecified atom stereocenters. The van der Waals surface area contributed by atoms with Gasteiger partial charge in [-0.05, 0) is 29.8 Å². The molecular weight excluding hydrogens is 358 g/mol. The average molecular weight is 376 g/mol. The number of thioether (sulfide) groups is 1. The van der Waals surface area contributed by atoms with E-state index in [1.807, 2.05) is 42.5 Å². The van der Waals surface area contributed by atoms with E-state index >= 15 is 0 Å². The van der Waals surface area contributed by atoms with Gasteiger partial charge in [0, 0.05) is 28.9 Å². The topological polar surface area (TPSA) is 57.6 Å². The number of hydrogen-bond acceptors (Lipinski definition) is 3. The number of carboxylic acid groups (broad SMARTS) is 1. The van der Waals surface area contributed by atoms with Gasteiger partial charge in [0.1, 0.15) is 0 Å². The van der Waals surface area contributed by atoms with Crippen molar-refractivity contribution in [2.45, 2.75) is 10.8 Å². The number of aliphatic carboxylic acids is 1. The summed E-state index contributed by atoms with van der Waals surface area (Å²) in [4.78, 5) is 26.8. The molecule has 3 rings (SSSR count). The van der Waals surface area contributed by atoms with Crippen molar-refractivity contribution in [1.82, 2.24) is 4.90 Å². The highest BCUT2D eigenvalue weighted by Crippen LogP contribution is 2.33. The van der Waals surface area contributed by atoms with Crippen LogP contribution in [0.3, 0.4) is 0 Å². The molecule has 1 aliphatic heterocycles. The van der Waals surface area contributed by atoms with E-state index in [1.54, 1.807) is 17.0 Å². The van der Waals surface area contributed by atoms with Gasteiger partial charge in [0.15, 0.2) is 0 Å². The van der Waals surface area contributed by atoms with Crippen molar-refractivity contribution in [3.8, 4) is 0 Å². The minimum absolute atomic E-state index is 0.0374. The van der Waals surface area contributed by atoms with Crippen LogP contribution in [0.2, 0.25) is 5.02 Å². The number of carbonyl (C=O) groups excluding carboxylic acids is 1. The van der Waals surface area contributed by atoms with Gasteiger partial charge in [-0.15, -0.1) is 11.8 Å². The first-order valence-corrected chi connectivity index (χ1v) is 9.35. The van der Waals surface area contributed by atoms with Crippen molar-refractivity contribution in [2.75, 3.05) is 18.8 Å². The lowest BCUT2D eigenvalue weighted by molar-refractivity contribution is -0.141. The molecule has 6 heteroatoms. The smallest absolute Gasteiger partial charge is 0.308 e. The van der Waals surface area contributed by atoms with Crippen LogP contribution in [-0.4, -0.2) is 40.7 Å². The normalized spacial score (nSPS) is 19.8. The van der Waals surface area contributed by atoms with Crippen LogP contribution in [0.1, 0.15) is 11.5 Å². The summed E-state index contributed by atoms with van der Waals surface area (Å²) in [5.74, 6) is -1.33. The molecule has 1 heterocycles. The van der Waals surface area contributed by atoms with E-state index in [0.29, 0.717) is 11.6 Å². The lowest BCUT2D eigenvalue weighted by Crippen LogP contribution is -2.31. The third-order valence-electron chi connectivity index (χ3n) is 4.39. The Labute approximate surface area is 155 Å². The molecular formula is C19H18ClNO3S. The highest BCUT2D eigenvalue weighted by Gasteiger charge is 2.40. The van der Waals surface area contributed by atoms with E-state index in [2.05, 4.69) is 0 Å². The van der Waals surface area contributed by atoms with Crippen LogP contribution in [-0.2, 0) is 9.59 Å². The number of amides is 1. The number of nitrogens with zero attached hydrogens (tertiary/aromatic N) is 1. The number of carbonyl (C=O) groups is 2. The van der Waals surface area contributed by atoms with Crippen LogP contribution in [0, 0.1) is 5.92 Å². The zero-order valence-electron chi connectivity index (χ0n) is 13.5. The molecule has 25 heavy (non-hydrogen) atoms. The van der Waals surface area contributed by atoms with Crippen molar-refractivity contribution in [3.63, 3.8) is 0 Å². The number of rotatable bonds is 5. The number of benzene rings is 2. The lowest BCUT2D eigenvalue weighted by atomic mass is 9.89. The Morgan fingerprint density at radius 1 is 1.08 bits per heavy atom. The second-order valence-electron chi connectivity index (χ2n) is 6.00. The second-order valence-corrected chi connectivity index (χ2v) is 7.49. The van der Waals surface area contributed by atoms with Crippen LogP contribution >= 0.6 is 23.4 Å². The van der Waals surface area contributed by atoms with Crippen LogP contribution in [0.15, 0.2) is 59.5 Å². The fraction of sp³-hybridized carbons (Fsp3) is 0.263. The maximum atomic E-state index is 12.5. The van der Waals surface area contributed by atoms with Gasteiger partial charge in [-0.2, -0.15) is 0 Å². The lowest BCUT2D eigenvalue weighted by Gasteiger charge is -2.16. The predicted molar refractivity (Wildman–Crippen MR) is 99.1 cm³/mol. The summed E-state index contributed by atoms with van der Waals surface area (Å²) in [5, 5.41) is 10.2. The monoisotopic (exact) mass is 375 g/mol. The number of likely N-dealkylation sites (tertiary alicyclic amines) is 1. The fourth-order valence-corrected chi connectivity index (χ4v) is 3.99. The first-order valence-electron chi connectivity index (χ1n) is 7.98. The van der Waals surface area contributed by atoms with Crippen LogP contribution in [0.4, 0.5) is 0 Å². The van der Waals surface area contributed by atoms with Crippen LogP contribution in [0.5, 0.6) is 0 Å². The molecule has 1 saturated heterocycles. The Kier molecular flexibility index (Phi) is 5.66. The first kappa shape index (κ1) is 17.8. The predicted octanol–water partition coefficient (Wildman–Crippen LogP) is 3.76. The molecule has 0 aromatic heterocycles. The van der Waals surface area contributed by atoms with E-state index in [0.717, 1.165) is 10.5 Å². The molecule has 2 atom stereocenters. The Morgan fingerprint density at radius 2 is 1.76 bits per heavy atom. The summed E-state index contributed by atoms with van der Waals surface area (Å²) >= 11 is 7.29. The molecule has 4 nitrogen and oxygen atoms in total. The van der Waals surface area contributed by atoms with Crippen LogP contribution in [0.25, 0.3) is 0 Å². The maximum Gasteiger partial charge on any atom is 0.308 e. The number of halogens is 1. The van der Waals surface area contributed by atoms with E-state index in [4.69, 9.17) is 11.6 Å². The van der Waals surface area contributed by atoms with Crippen molar-refractivity contribution < 1.29 is 14.7 Å². The van der Waals surface area contributed by atoms with Crippen molar-refractivity contribution in [1.29, 1.82) is 0 Å². The summed E-state index contributed by atoms with van der Waals surface area (Å²) in [5.41, 5.74) is 0.968. The molecule has 0 radical (unpaired) electrons.